The molecule has 0 nitrogen and oxygen atoms in total. The van der Waals surface area contributed by atoms with Gasteiger partial charge < -0.3 is 24.8 Å². The molecule has 0 bridgehead atoms. The molecule has 4 aromatic carbocycles. The number of hydrogen-bond donors (Lipinski definition) is 0. The van der Waals surface area contributed by atoms with Crippen molar-refractivity contribution in [2.45, 2.75) is 87.0 Å². The molecule has 1 unspecified atom stereocenters. The van der Waals surface area contributed by atoms with Crippen LogP contribution in [-0.2, 0) is 24.2 Å². The Morgan fingerprint density at radius 1 is 0.833 bits per heavy atom. The van der Waals surface area contributed by atoms with Crippen LogP contribution in [0.1, 0.15) is 87.1 Å². The van der Waals surface area contributed by atoms with E-state index in [1.165, 1.54) is 112 Å². The monoisotopic (exact) mass is 674 g/mol. The first-order chi connectivity index (χ1) is 19.1. The minimum Gasteiger partial charge on any atom is -1.00 e. The molecule has 0 amide bonds. The van der Waals surface area contributed by atoms with Crippen molar-refractivity contribution in [1.29, 1.82) is 0 Å². The number of fused-ring (bicyclic) bond motifs is 3. The van der Waals surface area contributed by atoms with Crippen molar-refractivity contribution in [3.63, 3.8) is 0 Å². The molecule has 0 heterocycles. The molecule has 0 radical (unpaired) electrons. The number of rotatable bonds is 3. The molecule has 1 fully saturated rings. The van der Waals surface area contributed by atoms with Gasteiger partial charge in [0, 0.05) is 0 Å². The summed E-state index contributed by atoms with van der Waals surface area (Å²) in [5, 5.41) is 5.53. The summed E-state index contributed by atoms with van der Waals surface area (Å²) in [6.07, 6.45) is 16.2. The van der Waals surface area contributed by atoms with Gasteiger partial charge in [0.2, 0.25) is 0 Å². The first-order valence-corrected chi connectivity index (χ1v) is 16.4. The van der Waals surface area contributed by atoms with E-state index in [0.29, 0.717) is 11.3 Å². The number of halogens is 2. The predicted molar refractivity (Wildman–Crippen MR) is 173 cm³/mol. The van der Waals surface area contributed by atoms with E-state index in [0.717, 1.165) is 0 Å². The summed E-state index contributed by atoms with van der Waals surface area (Å²) in [4.78, 5) is 0. The van der Waals surface area contributed by atoms with Gasteiger partial charge in [-0.25, -0.2) is 6.08 Å². The van der Waals surface area contributed by atoms with Crippen LogP contribution in [0.25, 0.3) is 21.5 Å². The maximum atomic E-state index is 3.37. The van der Waals surface area contributed by atoms with Crippen LogP contribution in [-0.4, -0.2) is 3.21 Å². The standard InChI is InChI=1S/C17H17.C13H19.C9H10.2ClH.Zr/c1-10-5-14-9-15-6-11(2)13(4)8-17(15)16(14)7-12(10)3;1-11-6-7-12(10-11)13(2)8-4-3-5-9-13;1-2-6-9-7-4-3-5-8-9;;;/h5-9H,1-4H3;7,10-11H,3-5,8-9H2,1-2H3;3-5,7-8H,2H2,1H3;2*1H;/q2*-1;;;;+2/p-2. The summed E-state index contributed by atoms with van der Waals surface area (Å²) in [5.41, 5.74) is 8.95. The molecule has 1 atom stereocenters. The van der Waals surface area contributed by atoms with Crippen LogP contribution in [0, 0.1) is 45.1 Å². The number of hydrogen-bond acceptors (Lipinski definition) is 0. The Morgan fingerprint density at radius 3 is 1.79 bits per heavy atom. The maximum absolute atomic E-state index is 3.37. The maximum Gasteiger partial charge on any atom is -0.0408 e. The summed E-state index contributed by atoms with van der Waals surface area (Å²) in [7, 11) is 0. The minimum absolute atomic E-state index is 0. The van der Waals surface area contributed by atoms with Crippen molar-refractivity contribution >= 4 is 24.8 Å². The molecule has 0 aromatic heterocycles. The van der Waals surface area contributed by atoms with Crippen LogP contribution in [0.2, 0.25) is 0 Å². The molecule has 42 heavy (non-hydrogen) atoms. The zero-order valence-corrected chi connectivity index (χ0v) is 30.5. The van der Waals surface area contributed by atoms with Gasteiger partial charge in [0.25, 0.3) is 0 Å². The Hall–Kier alpha value is -1.66. The van der Waals surface area contributed by atoms with Crippen molar-refractivity contribution in [2.24, 2.45) is 11.3 Å². The zero-order chi connectivity index (χ0) is 28.9. The zero-order valence-electron chi connectivity index (χ0n) is 26.5. The minimum atomic E-state index is 0. The van der Waals surface area contributed by atoms with E-state index < -0.39 is 0 Å². The average molecular weight is 677 g/mol. The Morgan fingerprint density at radius 2 is 1.33 bits per heavy atom. The van der Waals surface area contributed by atoms with Crippen molar-refractivity contribution in [3.05, 3.63) is 112 Å². The molecule has 222 valence electrons. The first-order valence-electron chi connectivity index (χ1n) is 15.1. The van der Waals surface area contributed by atoms with Crippen LogP contribution >= 0.6 is 0 Å². The number of aryl methyl sites for hydroxylation is 4. The molecule has 3 heteroatoms. The van der Waals surface area contributed by atoms with E-state index in [4.69, 9.17) is 0 Å². The molecular formula is C39H46Cl2Zr-2. The molecule has 0 N–H and O–H groups in total. The Bertz CT molecular complexity index is 1470. The molecule has 2 aliphatic rings. The second-order valence-electron chi connectivity index (χ2n) is 12.2. The van der Waals surface area contributed by atoms with Crippen molar-refractivity contribution in [3.8, 4) is 0 Å². The third-order valence-corrected chi connectivity index (χ3v) is 10.6. The SMILES string of the molecule is CC1[C-]=CC(C2(C)CCCCC2)=C1.CC[C](=[Zr+2])c1ccccc1.Cc1cc2[cH-]c3cc(C)c(C)cc3c2cc1C.[Cl-].[Cl-]. The van der Waals surface area contributed by atoms with Gasteiger partial charge in [-0.1, -0.05) is 91.7 Å². The largest absolute Gasteiger partial charge is 1.00 e. The van der Waals surface area contributed by atoms with Gasteiger partial charge in [-0.2, -0.15) is 11.6 Å². The first kappa shape index (κ1) is 36.5. The second kappa shape index (κ2) is 16.4. The van der Waals surface area contributed by atoms with E-state index in [2.05, 4.69) is 127 Å². The molecule has 0 aliphatic heterocycles. The van der Waals surface area contributed by atoms with Gasteiger partial charge in [-0.15, -0.1) is 39.7 Å². The third kappa shape index (κ3) is 8.94. The van der Waals surface area contributed by atoms with Gasteiger partial charge in [0.15, 0.2) is 0 Å². The third-order valence-electron chi connectivity index (χ3n) is 8.99. The molecule has 0 spiro atoms. The van der Waals surface area contributed by atoms with Gasteiger partial charge in [-0.05, 0) is 27.7 Å². The van der Waals surface area contributed by atoms with E-state index >= 15 is 0 Å². The molecule has 2 aliphatic carbocycles. The number of benzene rings is 3. The fourth-order valence-corrected chi connectivity index (χ4v) is 6.39. The van der Waals surface area contributed by atoms with Gasteiger partial charge in [0.05, 0.1) is 0 Å². The quantitative estimate of drug-likeness (QED) is 0.268. The van der Waals surface area contributed by atoms with Crippen molar-refractivity contribution < 1.29 is 49.0 Å². The van der Waals surface area contributed by atoms with Crippen LogP contribution in [0.4, 0.5) is 0 Å². The smallest absolute Gasteiger partial charge is 0.0408 e. The second-order valence-corrected chi connectivity index (χ2v) is 13.7. The summed E-state index contributed by atoms with van der Waals surface area (Å²) >= 11 is 1.54. The molecule has 1 saturated carbocycles. The fourth-order valence-electron chi connectivity index (χ4n) is 5.98. The summed E-state index contributed by atoms with van der Waals surface area (Å²) in [6, 6.07) is 22.1. The molecule has 4 aromatic rings. The Labute approximate surface area is 282 Å². The van der Waals surface area contributed by atoms with Crippen LogP contribution in [0.5, 0.6) is 0 Å². The summed E-state index contributed by atoms with van der Waals surface area (Å²) in [5.74, 6) is 0.550. The fraction of sp³-hybridized carbons (Fsp3) is 0.385. The van der Waals surface area contributed by atoms with Crippen LogP contribution < -0.4 is 24.8 Å². The van der Waals surface area contributed by atoms with Gasteiger partial charge in [0.1, 0.15) is 0 Å². The van der Waals surface area contributed by atoms with Gasteiger partial charge >= 0.3 is 76.7 Å². The summed E-state index contributed by atoms with van der Waals surface area (Å²) in [6.45, 7) is 15.6. The van der Waals surface area contributed by atoms with Crippen LogP contribution in [0.15, 0.2) is 78.4 Å². The molecular weight excluding hydrogens is 631 g/mol. The Balaban J connectivity index is 0.000000223. The van der Waals surface area contributed by atoms with Crippen molar-refractivity contribution in [2.75, 3.05) is 0 Å². The average Bonchev–Trinajstić information content (AvgIpc) is 3.54. The van der Waals surface area contributed by atoms with E-state index in [1.54, 1.807) is 8.78 Å². The number of allylic oxidation sites excluding steroid dienone is 4. The van der Waals surface area contributed by atoms with E-state index in [-0.39, 0.29) is 24.8 Å². The Kier molecular flexibility index (Phi) is 14.3. The predicted octanol–water partition coefficient (Wildman–Crippen LogP) is 5.01. The molecule has 6 rings (SSSR count). The van der Waals surface area contributed by atoms with Crippen molar-refractivity contribution in [1.82, 2.24) is 0 Å². The van der Waals surface area contributed by atoms with Gasteiger partial charge in [-0.3, -0.25) is 6.08 Å². The van der Waals surface area contributed by atoms with Crippen LogP contribution in [0.3, 0.4) is 0 Å². The van der Waals surface area contributed by atoms with E-state index in [9.17, 15) is 0 Å². The summed E-state index contributed by atoms with van der Waals surface area (Å²) < 4.78 is 1.55. The normalized spacial score (nSPS) is 16.8. The molecule has 0 saturated heterocycles. The van der Waals surface area contributed by atoms with E-state index in [1.807, 2.05) is 0 Å². The topological polar surface area (TPSA) is 0 Å².